The maximum atomic E-state index is 13.5. The maximum Gasteiger partial charge on any atom is 0.300 e. The summed E-state index contributed by atoms with van der Waals surface area (Å²) in [5.74, 6) is -2.32. The first kappa shape index (κ1) is 19.9. The highest BCUT2D eigenvalue weighted by molar-refractivity contribution is 6.51. The highest BCUT2D eigenvalue weighted by atomic mass is 35.5. The molecule has 0 radical (unpaired) electrons. The number of ketones is 1. The molecule has 0 saturated carbocycles. The van der Waals surface area contributed by atoms with Crippen LogP contribution >= 0.6 is 11.6 Å². The van der Waals surface area contributed by atoms with Crippen molar-refractivity contribution < 1.29 is 19.1 Å². The van der Waals surface area contributed by atoms with E-state index in [1.165, 1.54) is 29.2 Å². The molecule has 150 valence electrons. The molecule has 1 aliphatic heterocycles. The molecule has 1 aliphatic rings. The fourth-order valence-corrected chi connectivity index (χ4v) is 3.73. The summed E-state index contributed by atoms with van der Waals surface area (Å²) in [5.41, 5.74) is 2.23. The Labute approximate surface area is 177 Å². The maximum absolute atomic E-state index is 13.5. The van der Waals surface area contributed by atoms with Gasteiger partial charge in [0.15, 0.2) is 0 Å². The van der Waals surface area contributed by atoms with E-state index in [4.69, 9.17) is 11.6 Å². The monoisotopic (exact) mass is 421 g/mol. The lowest BCUT2D eigenvalue weighted by Gasteiger charge is -2.25. The molecule has 1 fully saturated rings. The molecule has 1 atom stereocenters. The van der Waals surface area contributed by atoms with Gasteiger partial charge in [0.05, 0.1) is 11.6 Å². The van der Waals surface area contributed by atoms with Gasteiger partial charge < -0.3 is 5.11 Å². The van der Waals surface area contributed by atoms with E-state index in [1.807, 2.05) is 13.0 Å². The molecule has 6 heteroatoms. The SMILES string of the molecule is Cc1cccc(N2C(=O)C(=O)/C(=C(/O)c3ccc(Cl)cc3)C2c2ccc(F)cc2)c1. The Morgan fingerprint density at radius 2 is 1.67 bits per heavy atom. The first-order valence-corrected chi connectivity index (χ1v) is 9.63. The van der Waals surface area contributed by atoms with Crippen molar-refractivity contribution in [3.63, 3.8) is 0 Å². The third-order valence-electron chi connectivity index (χ3n) is 5.03. The molecule has 3 aromatic carbocycles. The number of Topliss-reactive ketones (excluding diaryl/α,β-unsaturated/α-hetero) is 1. The highest BCUT2D eigenvalue weighted by Gasteiger charge is 2.46. The number of hydrogen-bond donors (Lipinski definition) is 1. The van der Waals surface area contributed by atoms with Gasteiger partial charge in [0, 0.05) is 16.3 Å². The summed E-state index contributed by atoms with van der Waals surface area (Å²) in [7, 11) is 0. The normalized spacial score (nSPS) is 18.1. The number of rotatable bonds is 3. The second kappa shape index (κ2) is 7.76. The Hall–Kier alpha value is -3.44. The van der Waals surface area contributed by atoms with E-state index in [0.717, 1.165) is 5.56 Å². The molecule has 1 amide bonds. The molecule has 0 spiro atoms. The van der Waals surface area contributed by atoms with Crippen LogP contribution in [0.2, 0.25) is 5.02 Å². The van der Waals surface area contributed by atoms with Crippen molar-refractivity contribution >= 4 is 34.7 Å². The average molecular weight is 422 g/mol. The molecule has 1 N–H and O–H groups in total. The van der Waals surface area contributed by atoms with Crippen LogP contribution in [0.5, 0.6) is 0 Å². The van der Waals surface area contributed by atoms with Crippen LogP contribution in [0.25, 0.3) is 5.76 Å². The molecule has 0 aliphatic carbocycles. The van der Waals surface area contributed by atoms with Crippen molar-refractivity contribution in [3.05, 3.63) is 106 Å². The number of carbonyl (C=O) groups is 2. The Bertz CT molecular complexity index is 1170. The number of aliphatic hydroxyl groups is 1. The standard InChI is InChI=1S/C24H17ClFNO3/c1-14-3-2-4-19(13-14)27-21(15-7-11-18(26)12-8-15)20(23(29)24(27)30)22(28)16-5-9-17(25)10-6-16/h2-13,21,28H,1H3/b22-20+. The van der Waals surface area contributed by atoms with Crippen LogP contribution in [-0.4, -0.2) is 16.8 Å². The number of nitrogens with zero attached hydrogens (tertiary/aromatic N) is 1. The van der Waals surface area contributed by atoms with E-state index >= 15 is 0 Å². The minimum absolute atomic E-state index is 0.0598. The Morgan fingerprint density at radius 1 is 1.00 bits per heavy atom. The smallest absolute Gasteiger partial charge is 0.300 e. The van der Waals surface area contributed by atoms with Crippen LogP contribution in [0.1, 0.15) is 22.7 Å². The summed E-state index contributed by atoms with van der Waals surface area (Å²) in [5, 5.41) is 11.4. The number of anilines is 1. The molecule has 30 heavy (non-hydrogen) atoms. The summed E-state index contributed by atoms with van der Waals surface area (Å²) in [6.07, 6.45) is 0. The quantitative estimate of drug-likeness (QED) is 0.349. The molecule has 3 aromatic rings. The zero-order chi connectivity index (χ0) is 21.4. The van der Waals surface area contributed by atoms with Crippen LogP contribution in [0.3, 0.4) is 0 Å². The van der Waals surface area contributed by atoms with E-state index in [0.29, 0.717) is 21.8 Å². The van der Waals surface area contributed by atoms with E-state index in [1.54, 1.807) is 42.5 Å². The summed E-state index contributed by atoms with van der Waals surface area (Å²) in [4.78, 5) is 27.3. The fourth-order valence-electron chi connectivity index (χ4n) is 3.60. The summed E-state index contributed by atoms with van der Waals surface area (Å²) >= 11 is 5.92. The van der Waals surface area contributed by atoms with Gasteiger partial charge in [0.1, 0.15) is 11.6 Å². The van der Waals surface area contributed by atoms with Crippen molar-refractivity contribution in [3.8, 4) is 0 Å². The van der Waals surface area contributed by atoms with Crippen LogP contribution in [-0.2, 0) is 9.59 Å². The second-order valence-electron chi connectivity index (χ2n) is 7.07. The number of hydrogen-bond acceptors (Lipinski definition) is 3. The minimum atomic E-state index is -0.900. The zero-order valence-corrected chi connectivity index (χ0v) is 16.7. The third-order valence-corrected chi connectivity index (χ3v) is 5.28. The topological polar surface area (TPSA) is 57.6 Å². The van der Waals surface area contributed by atoms with E-state index in [2.05, 4.69) is 0 Å². The van der Waals surface area contributed by atoms with E-state index < -0.39 is 23.5 Å². The Morgan fingerprint density at radius 3 is 2.30 bits per heavy atom. The van der Waals surface area contributed by atoms with Gasteiger partial charge in [0.25, 0.3) is 11.7 Å². The predicted molar refractivity (Wildman–Crippen MR) is 114 cm³/mol. The molecular formula is C24H17ClFNO3. The van der Waals surface area contributed by atoms with Crippen molar-refractivity contribution in [2.75, 3.05) is 4.90 Å². The zero-order valence-electron chi connectivity index (χ0n) is 16.0. The number of carbonyl (C=O) groups excluding carboxylic acids is 2. The van der Waals surface area contributed by atoms with Gasteiger partial charge in [-0.3, -0.25) is 14.5 Å². The van der Waals surface area contributed by atoms with Crippen LogP contribution in [0.15, 0.2) is 78.4 Å². The Balaban J connectivity index is 1.95. The van der Waals surface area contributed by atoms with Gasteiger partial charge >= 0.3 is 0 Å². The van der Waals surface area contributed by atoms with Crippen LogP contribution in [0, 0.1) is 12.7 Å². The first-order chi connectivity index (χ1) is 14.4. The highest BCUT2D eigenvalue weighted by Crippen LogP contribution is 2.42. The molecule has 0 bridgehead atoms. The second-order valence-corrected chi connectivity index (χ2v) is 7.50. The largest absolute Gasteiger partial charge is 0.507 e. The van der Waals surface area contributed by atoms with Crippen LogP contribution in [0.4, 0.5) is 10.1 Å². The van der Waals surface area contributed by atoms with Gasteiger partial charge in [-0.1, -0.05) is 35.9 Å². The van der Waals surface area contributed by atoms with Crippen molar-refractivity contribution in [1.82, 2.24) is 0 Å². The van der Waals surface area contributed by atoms with Gasteiger partial charge in [-0.05, 0) is 66.6 Å². The summed E-state index contributed by atoms with van der Waals surface area (Å²) in [6, 6.07) is 18.1. The molecule has 4 nitrogen and oxygen atoms in total. The van der Waals surface area contributed by atoms with E-state index in [-0.39, 0.29) is 11.3 Å². The van der Waals surface area contributed by atoms with Crippen molar-refractivity contribution in [2.24, 2.45) is 0 Å². The molecule has 0 aromatic heterocycles. The molecule has 1 saturated heterocycles. The number of benzene rings is 3. The third kappa shape index (κ3) is 3.48. The van der Waals surface area contributed by atoms with Crippen molar-refractivity contribution in [2.45, 2.75) is 13.0 Å². The van der Waals surface area contributed by atoms with Gasteiger partial charge in [-0.25, -0.2) is 4.39 Å². The van der Waals surface area contributed by atoms with Crippen molar-refractivity contribution in [1.29, 1.82) is 0 Å². The first-order valence-electron chi connectivity index (χ1n) is 9.26. The summed E-state index contributed by atoms with van der Waals surface area (Å²) in [6.45, 7) is 1.88. The number of halogens is 2. The minimum Gasteiger partial charge on any atom is -0.507 e. The fraction of sp³-hybridized carbons (Fsp3) is 0.0833. The van der Waals surface area contributed by atoms with Gasteiger partial charge in [-0.2, -0.15) is 0 Å². The lowest BCUT2D eigenvalue weighted by molar-refractivity contribution is -0.132. The average Bonchev–Trinajstić information content (AvgIpc) is 2.99. The van der Waals surface area contributed by atoms with E-state index in [9.17, 15) is 19.1 Å². The number of aliphatic hydroxyl groups excluding tert-OH is 1. The molecule has 1 unspecified atom stereocenters. The number of amides is 1. The predicted octanol–water partition coefficient (Wildman–Crippen LogP) is 5.41. The lowest BCUT2D eigenvalue weighted by Crippen LogP contribution is -2.29. The lowest BCUT2D eigenvalue weighted by atomic mass is 9.95. The Kier molecular flexibility index (Phi) is 5.14. The molecule has 1 heterocycles. The number of aryl methyl sites for hydroxylation is 1. The van der Waals surface area contributed by atoms with Gasteiger partial charge in [-0.15, -0.1) is 0 Å². The molecule has 4 rings (SSSR count). The van der Waals surface area contributed by atoms with Gasteiger partial charge in [0.2, 0.25) is 0 Å². The molecular weight excluding hydrogens is 405 g/mol. The van der Waals surface area contributed by atoms with Crippen LogP contribution < -0.4 is 4.90 Å². The summed E-state index contributed by atoms with van der Waals surface area (Å²) < 4.78 is 13.5.